The van der Waals surface area contributed by atoms with Crippen LogP contribution in [-0.2, 0) is 12.0 Å². The van der Waals surface area contributed by atoms with E-state index >= 15 is 0 Å². The largest absolute Gasteiger partial charge is 0.489 e. The van der Waals surface area contributed by atoms with Crippen molar-refractivity contribution in [3.8, 4) is 17.1 Å². The molecule has 8 heteroatoms. The van der Waals surface area contributed by atoms with Gasteiger partial charge in [-0.1, -0.05) is 67.7 Å². The minimum absolute atomic E-state index is 0.189. The molecule has 1 N–H and O–H groups in total. The molecule has 0 atom stereocenters. The van der Waals surface area contributed by atoms with Crippen molar-refractivity contribution < 1.29 is 4.74 Å². The first kappa shape index (κ1) is 21.0. The molecule has 0 radical (unpaired) electrons. The molecule has 4 aromatic rings. The van der Waals surface area contributed by atoms with Crippen LogP contribution < -0.4 is 4.74 Å². The minimum atomic E-state index is -0.189. The van der Waals surface area contributed by atoms with Crippen LogP contribution in [0.1, 0.15) is 37.6 Å². The van der Waals surface area contributed by atoms with Crippen LogP contribution in [0.5, 0.6) is 5.75 Å². The molecule has 0 bridgehead atoms. The van der Waals surface area contributed by atoms with Crippen molar-refractivity contribution in [1.29, 1.82) is 0 Å². The summed E-state index contributed by atoms with van der Waals surface area (Å²) in [6, 6.07) is 11.4. The topological polar surface area (TPSA) is 55.2 Å². The van der Waals surface area contributed by atoms with E-state index in [0.29, 0.717) is 38.7 Å². The van der Waals surface area contributed by atoms with E-state index < -0.39 is 0 Å². The smallest absolute Gasteiger partial charge is 0.175 e. The number of ether oxygens (including phenoxy) is 1. The van der Waals surface area contributed by atoms with E-state index in [2.05, 4.69) is 36.0 Å². The molecule has 0 fully saturated rings. The average molecular weight is 464 g/mol. The molecule has 156 valence electrons. The lowest BCUT2D eigenvalue weighted by Gasteiger charge is -2.14. The molecule has 4 rings (SSSR count). The maximum absolute atomic E-state index is 6.54. The third-order valence-electron chi connectivity index (χ3n) is 4.73. The molecule has 0 spiro atoms. The van der Waals surface area contributed by atoms with Gasteiger partial charge in [0.05, 0.1) is 10.7 Å². The van der Waals surface area contributed by atoms with Gasteiger partial charge in [-0.3, -0.25) is 0 Å². The van der Waals surface area contributed by atoms with Gasteiger partial charge in [0, 0.05) is 21.6 Å². The average Bonchev–Trinajstić information content (AvgIpc) is 3.21. The second kappa shape index (κ2) is 7.80. The number of fused-ring (bicyclic) bond motifs is 1. The fraction of sp³-hybridized carbons (Fsp3) is 0.273. The van der Waals surface area contributed by atoms with E-state index in [1.165, 1.54) is 4.63 Å². The number of aromatic amines is 1. The number of benzene rings is 2. The zero-order chi connectivity index (χ0) is 21.6. The van der Waals surface area contributed by atoms with Crippen molar-refractivity contribution in [2.75, 3.05) is 0 Å². The van der Waals surface area contributed by atoms with E-state index in [9.17, 15) is 0 Å². The van der Waals surface area contributed by atoms with Gasteiger partial charge in [0.15, 0.2) is 11.5 Å². The van der Waals surface area contributed by atoms with Gasteiger partial charge in [0.25, 0.3) is 0 Å². The van der Waals surface area contributed by atoms with Crippen LogP contribution in [0.2, 0.25) is 15.1 Å². The van der Waals surface area contributed by atoms with Crippen molar-refractivity contribution in [3.05, 3.63) is 68.3 Å². The van der Waals surface area contributed by atoms with E-state index in [0.717, 1.165) is 22.6 Å². The van der Waals surface area contributed by atoms with Gasteiger partial charge >= 0.3 is 0 Å². The Balaban J connectivity index is 1.63. The SMILES string of the molecule is Cc1cccc(OCc2cc(Cl)c(-c3nn4nc(C(C)(C)C)c(Cl)c4[nH]3)cc2Cl)c1. The van der Waals surface area contributed by atoms with Gasteiger partial charge in [-0.2, -0.15) is 5.10 Å². The van der Waals surface area contributed by atoms with Crippen LogP contribution in [-0.4, -0.2) is 19.8 Å². The number of halogens is 3. The number of aryl methyl sites for hydroxylation is 1. The Labute approximate surface area is 189 Å². The summed E-state index contributed by atoms with van der Waals surface area (Å²) in [5.41, 5.74) is 3.79. The van der Waals surface area contributed by atoms with E-state index in [4.69, 9.17) is 39.5 Å². The molecule has 2 heterocycles. The number of aromatic nitrogens is 4. The van der Waals surface area contributed by atoms with Gasteiger partial charge < -0.3 is 9.72 Å². The van der Waals surface area contributed by atoms with Crippen molar-refractivity contribution >= 4 is 40.4 Å². The molecule has 0 aliphatic carbocycles. The number of hydrogen-bond donors (Lipinski definition) is 1. The second-order valence-corrected chi connectivity index (χ2v) is 9.45. The standard InChI is InChI=1S/C22H21Cl3N4O/c1-12-6-5-7-14(8-12)30-11-13-9-17(24)15(10-16(13)23)20-26-21-18(25)19(22(2,3)4)27-29(21)28-20/h5-10H,11H2,1-4H3,(H,26,28). The fourth-order valence-electron chi connectivity index (χ4n) is 3.14. The highest BCUT2D eigenvalue weighted by Crippen LogP contribution is 2.35. The molecule has 2 aromatic carbocycles. The van der Waals surface area contributed by atoms with E-state index in [-0.39, 0.29) is 5.41 Å². The first-order chi connectivity index (χ1) is 14.1. The predicted octanol–water partition coefficient (Wildman–Crippen LogP) is 6.87. The number of nitrogens with one attached hydrogen (secondary N) is 1. The Morgan fingerprint density at radius 2 is 1.80 bits per heavy atom. The number of nitrogens with zero attached hydrogens (tertiary/aromatic N) is 3. The number of H-pyrrole nitrogens is 1. The van der Waals surface area contributed by atoms with Gasteiger partial charge in [-0.05, 0) is 36.8 Å². The first-order valence-electron chi connectivity index (χ1n) is 9.46. The lowest BCUT2D eigenvalue weighted by atomic mass is 9.92. The molecule has 2 aromatic heterocycles. The normalized spacial score (nSPS) is 12.0. The molecule has 5 nitrogen and oxygen atoms in total. The predicted molar refractivity (Wildman–Crippen MR) is 122 cm³/mol. The Hall–Kier alpha value is -2.21. The van der Waals surface area contributed by atoms with Crippen molar-refractivity contribution in [3.63, 3.8) is 0 Å². The maximum atomic E-state index is 6.54. The van der Waals surface area contributed by atoms with Gasteiger partial charge in [-0.25, -0.2) is 0 Å². The van der Waals surface area contributed by atoms with Gasteiger partial charge in [0.2, 0.25) is 0 Å². The van der Waals surface area contributed by atoms with Crippen LogP contribution in [0.3, 0.4) is 0 Å². The van der Waals surface area contributed by atoms with E-state index in [1.54, 1.807) is 12.1 Å². The Kier molecular flexibility index (Phi) is 5.47. The fourth-order valence-corrected chi connectivity index (χ4v) is 4.08. The van der Waals surface area contributed by atoms with Crippen LogP contribution in [0.4, 0.5) is 0 Å². The zero-order valence-corrected chi connectivity index (χ0v) is 19.3. The zero-order valence-electron chi connectivity index (χ0n) is 17.1. The van der Waals surface area contributed by atoms with Crippen LogP contribution in [0, 0.1) is 6.92 Å². The summed E-state index contributed by atoms with van der Waals surface area (Å²) in [5.74, 6) is 1.32. The quantitative estimate of drug-likeness (QED) is 0.359. The van der Waals surface area contributed by atoms with Crippen molar-refractivity contribution in [2.45, 2.75) is 39.7 Å². The summed E-state index contributed by atoms with van der Waals surface area (Å²) in [6.45, 7) is 8.48. The van der Waals surface area contributed by atoms with Crippen LogP contribution in [0.25, 0.3) is 17.0 Å². The van der Waals surface area contributed by atoms with Crippen LogP contribution >= 0.6 is 34.8 Å². The van der Waals surface area contributed by atoms with Gasteiger partial charge in [0.1, 0.15) is 17.4 Å². The highest BCUT2D eigenvalue weighted by molar-refractivity contribution is 6.36. The van der Waals surface area contributed by atoms with Crippen molar-refractivity contribution in [1.82, 2.24) is 19.8 Å². The molecule has 0 unspecified atom stereocenters. The Morgan fingerprint density at radius 3 is 2.47 bits per heavy atom. The molecular weight excluding hydrogens is 443 g/mol. The molecule has 0 aliphatic heterocycles. The summed E-state index contributed by atoms with van der Waals surface area (Å²) < 4.78 is 7.35. The van der Waals surface area contributed by atoms with Crippen molar-refractivity contribution in [2.24, 2.45) is 0 Å². The summed E-state index contributed by atoms with van der Waals surface area (Å²) in [4.78, 5) is 3.21. The molecule has 30 heavy (non-hydrogen) atoms. The number of rotatable bonds is 4. The third-order valence-corrected chi connectivity index (χ3v) is 5.75. The summed E-state index contributed by atoms with van der Waals surface area (Å²) in [7, 11) is 0. The summed E-state index contributed by atoms with van der Waals surface area (Å²) in [5, 5.41) is 10.6. The second-order valence-electron chi connectivity index (χ2n) is 8.25. The maximum Gasteiger partial charge on any atom is 0.175 e. The molecule has 0 amide bonds. The highest BCUT2D eigenvalue weighted by Gasteiger charge is 2.25. The first-order valence-corrected chi connectivity index (χ1v) is 10.6. The molecule has 0 saturated heterocycles. The van der Waals surface area contributed by atoms with E-state index in [1.807, 2.05) is 31.2 Å². The van der Waals surface area contributed by atoms with Gasteiger partial charge in [-0.15, -0.1) is 9.73 Å². The molecule has 0 saturated carbocycles. The van der Waals surface area contributed by atoms with Crippen LogP contribution in [0.15, 0.2) is 36.4 Å². The monoisotopic (exact) mass is 462 g/mol. The minimum Gasteiger partial charge on any atom is -0.489 e. The summed E-state index contributed by atoms with van der Waals surface area (Å²) in [6.07, 6.45) is 0. The lowest BCUT2D eigenvalue weighted by molar-refractivity contribution is 0.306. The Bertz CT molecular complexity index is 1240. The number of hydrogen-bond acceptors (Lipinski definition) is 3. The lowest BCUT2D eigenvalue weighted by Crippen LogP contribution is -2.13. The highest BCUT2D eigenvalue weighted by atomic mass is 35.5. The summed E-state index contributed by atoms with van der Waals surface area (Å²) >= 11 is 19.6. The molecular formula is C22H21Cl3N4O. The third kappa shape index (κ3) is 4.02. The Morgan fingerprint density at radius 1 is 1.03 bits per heavy atom. The molecule has 0 aliphatic rings.